The van der Waals surface area contributed by atoms with Crippen LogP contribution in [0.2, 0.25) is 0 Å². The van der Waals surface area contributed by atoms with Gasteiger partial charge in [-0.3, -0.25) is 14.4 Å². The van der Waals surface area contributed by atoms with Gasteiger partial charge in [0.25, 0.3) is 0 Å². The van der Waals surface area contributed by atoms with Crippen LogP contribution in [0.5, 0.6) is 0 Å². The number of rotatable bonds is 58. The van der Waals surface area contributed by atoms with Crippen LogP contribution in [0.1, 0.15) is 297 Å². The molecular weight excluding hydrogens is 961 g/mol. The zero-order valence-electron chi connectivity index (χ0n) is 50.9. The van der Waals surface area contributed by atoms with E-state index < -0.39 is 6.10 Å². The fourth-order valence-electron chi connectivity index (χ4n) is 8.87. The third-order valence-corrected chi connectivity index (χ3v) is 13.7. The van der Waals surface area contributed by atoms with Crippen molar-refractivity contribution in [3.05, 3.63) is 122 Å². The van der Waals surface area contributed by atoms with Crippen molar-refractivity contribution in [3.63, 3.8) is 0 Å². The first-order chi connectivity index (χ1) is 38.5. The molecule has 0 rings (SSSR count). The zero-order valence-corrected chi connectivity index (χ0v) is 50.9. The van der Waals surface area contributed by atoms with Gasteiger partial charge >= 0.3 is 17.9 Å². The lowest BCUT2D eigenvalue weighted by molar-refractivity contribution is -0.167. The minimum absolute atomic E-state index is 0.0882. The Bertz CT molecular complexity index is 1620. The summed E-state index contributed by atoms with van der Waals surface area (Å²) >= 11 is 0. The van der Waals surface area contributed by atoms with Gasteiger partial charge in [-0.2, -0.15) is 0 Å². The Morgan fingerprint density at radius 3 is 0.795 bits per heavy atom. The van der Waals surface area contributed by atoms with E-state index in [9.17, 15) is 14.4 Å². The summed E-state index contributed by atoms with van der Waals surface area (Å²) < 4.78 is 16.9. The minimum atomic E-state index is -0.792. The predicted molar refractivity (Wildman–Crippen MR) is 339 cm³/mol. The number of esters is 3. The van der Waals surface area contributed by atoms with Gasteiger partial charge in [0.1, 0.15) is 13.2 Å². The summed E-state index contributed by atoms with van der Waals surface area (Å²) in [5, 5.41) is 0. The van der Waals surface area contributed by atoms with E-state index in [1.54, 1.807) is 0 Å². The summed E-state index contributed by atoms with van der Waals surface area (Å²) in [6.07, 6.45) is 90.6. The van der Waals surface area contributed by atoms with Crippen LogP contribution in [-0.4, -0.2) is 37.2 Å². The lowest BCUT2D eigenvalue weighted by Crippen LogP contribution is -2.30. The molecule has 0 N–H and O–H groups in total. The molecule has 0 aliphatic carbocycles. The van der Waals surface area contributed by atoms with Crippen LogP contribution in [0.3, 0.4) is 0 Å². The second-order valence-electron chi connectivity index (χ2n) is 21.3. The van der Waals surface area contributed by atoms with E-state index in [-0.39, 0.29) is 31.1 Å². The second kappa shape index (κ2) is 65.3. The normalized spacial score (nSPS) is 12.9. The van der Waals surface area contributed by atoms with Gasteiger partial charge in [-0.05, 0) is 128 Å². The average Bonchev–Trinajstić information content (AvgIpc) is 3.44. The molecule has 0 radical (unpaired) electrons. The van der Waals surface area contributed by atoms with Crippen LogP contribution < -0.4 is 0 Å². The molecule has 0 heterocycles. The van der Waals surface area contributed by atoms with Gasteiger partial charge in [-0.1, -0.05) is 271 Å². The van der Waals surface area contributed by atoms with Crippen molar-refractivity contribution in [3.8, 4) is 0 Å². The molecule has 0 aliphatic heterocycles. The van der Waals surface area contributed by atoms with E-state index in [2.05, 4.69) is 142 Å². The van der Waals surface area contributed by atoms with Gasteiger partial charge in [0, 0.05) is 19.3 Å². The van der Waals surface area contributed by atoms with Gasteiger partial charge in [0.15, 0.2) is 6.10 Å². The van der Waals surface area contributed by atoms with Crippen molar-refractivity contribution >= 4 is 17.9 Å². The molecular formula is C72H120O6. The van der Waals surface area contributed by atoms with Gasteiger partial charge in [-0.25, -0.2) is 0 Å². The van der Waals surface area contributed by atoms with Gasteiger partial charge in [0.2, 0.25) is 0 Å². The molecule has 6 heteroatoms. The molecule has 1 atom stereocenters. The molecule has 0 amide bonds. The molecule has 6 nitrogen and oxygen atoms in total. The Morgan fingerprint density at radius 1 is 0.269 bits per heavy atom. The van der Waals surface area contributed by atoms with Crippen LogP contribution in [0, 0.1) is 0 Å². The average molecular weight is 1080 g/mol. The van der Waals surface area contributed by atoms with E-state index in [4.69, 9.17) is 14.2 Å². The Hall–Kier alpha value is -4.19. The van der Waals surface area contributed by atoms with Crippen LogP contribution in [-0.2, 0) is 28.6 Å². The molecule has 0 fully saturated rings. The smallest absolute Gasteiger partial charge is 0.306 e. The fourth-order valence-corrected chi connectivity index (χ4v) is 8.87. The maximum absolute atomic E-state index is 12.9. The van der Waals surface area contributed by atoms with Crippen LogP contribution in [0.4, 0.5) is 0 Å². The second-order valence-corrected chi connectivity index (χ2v) is 21.3. The summed E-state index contributed by atoms with van der Waals surface area (Å²) in [5.41, 5.74) is 0. The Morgan fingerprint density at radius 2 is 0.500 bits per heavy atom. The number of ether oxygens (including phenoxy) is 3. The molecule has 0 aromatic carbocycles. The number of hydrogen-bond donors (Lipinski definition) is 0. The molecule has 444 valence electrons. The molecule has 0 aromatic heterocycles. The fraction of sp³-hybridized carbons (Fsp3) is 0.681. The lowest BCUT2D eigenvalue weighted by atomic mass is 10.1. The summed E-state index contributed by atoms with van der Waals surface area (Å²) in [4.78, 5) is 38.3. The molecule has 78 heavy (non-hydrogen) atoms. The monoisotopic (exact) mass is 1080 g/mol. The zero-order chi connectivity index (χ0) is 56.4. The first kappa shape index (κ1) is 73.8. The van der Waals surface area contributed by atoms with Gasteiger partial charge < -0.3 is 14.2 Å². The Labute approximate surface area is 482 Å². The Balaban J connectivity index is 4.32. The van der Waals surface area contributed by atoms with Crippen LogP contribution >= 0.6 is 0 Å². The number of carbonyl (C=O) groups excluding carboxylic acids is 3. The first-order valence-electron chi connectivity index (χ1n) is 32.5. The van der Waals surface area contributed by atoms with Crippen molar-refractivity contribution in [2.24, 2.45) is 0 Å². The molecule has 0 aliphatic rings. The van der Waals surface area contributed by atoms with Crippen LogP contribution in [0.15, 0.2) is 122 Å². The highest BCUT2D eigenvalue weighted by Gasteiger charge is 2.19. The van der Waals surface area contributed by atoms with Gasteiger partial charge in [-0.15, -0.1) is 0 Å². The lowest BCUT2D eigenvalue weighted by Gasteiger charge is -2.18. The molecule has 0 bridgehead atoms. The molecule has 0 saturated heterocycles. The first-order valence-corrected chi connectivity index (χ1v) is 32.5. The van der Waals surface area contributed by atoms with Crippen molar-refractivity contribution in [2.75, 3.05) is 13.2 Å². The van der Waals surface area contributed by atoms with E-state index in [0.29, 0.717) is 19.3 Å². The van der Waals surface area contributed by atoms with Crippen molar-refractivity contribution in [2.45, 2.75) is 303 Å². The molecule has 0 aromatic rings. The van der Waals surface area contributed by atoms with E-state index in [1.807, 2.05) is 0 Å². The third kappa shape index (κ3) is 62.7. The molecule has 0 spiro atoms. The number of allylic oxidation sites excluding steroid dienone is 20. The van der Waals surface area contributed by atoms with Gasteiger partial charge in [0.05, 0.1) is 0 Å². The summed E-state index contributed by atoms with van der Waals surface area (Å²) in [6.45, 7) is 6.40. The standard InChI is InChI=1S/C72H120O6/c1-4-7-10-13-16-19-22-25-28-30-31-32-33-34-35-36-37-38-39-40-41-43-44-47-50-53-56-59-62-65-71(74)77-68-69(67-76-70(73)64-61-58-55-52-49-46-27-24-21-18-15-12-9-6-3)78-72(75)66-63-60-57-54-51-48-45-42-29-26-23-20-17-14-11-8-5-2/h7-8,10-11,16-17,19-20,24-29,31-32,34-35,37-38,69H,4-6,9,12-15,18,21-23,30,33,36,39-68H2,1-3H3/b10-7-,11-8-,19-16-,20-17-,27-24-,28-25-,29-26-,32-31-,35-34-,38-37-. The van der Waals surface area contributed by atoms with E-state index >= 15 is 0 Å². The highest BCUT2D eigenvalue weighted by atomic mass is 16.6. The summed E-state index contributed by atoms with van der Waals surface area (Å²) in [7, 11) is 0. The maximum atomic E-state index is 12.9. The highest BCUT2D eigenvalue weighted by molar-refractivity contribution is 5.71. The van der Waals surface area contributed by atoms with Crippen LogP contribution in [0.25, 0.3) is 0 Å². The largest absolute Gasteiger partial charge is 0.462 e. The SMILES string of the molecule is CC/C=C\C/C=C\C/C=C\C/C=C\C/C=C\C/C=C\CCCCCCCCCCCCC(=O)OCC(COC(=O)CCCCCCC/C=C\CCCCCCC)OC(=O)CCCCCCCCC/C=C\C/C=C\C/C=C\CC. The highest BCUT2D eigenvalue weighted by Crippen LogP contribution is 2.16. The summed E-state index contributed by atoms with van der Waals surface area (Å²) in [5.74, 6) is -0.905. The quantitative estimate of drug-likeness (QED) is 0.0261. The third-order valence-electron chi connectivity index (χ3n) is 13.7. The number of unbranched alkanes of at least 4 members (excludes halogenated alkanes) is 27. The number of hydrogen-bond acceptors (Lipinski definition) is 6. The van der Waals surface area contributed by atoms with E-state index in [0.717, 1.165) is 128 Å². The predicted octanol–water partition coefficient (Wildman–Crippen LogP) is 22.4. The Kier molecular flexibility index (Phi) is 61.8. The molecule has 0 saturated carbocycles. The van der Waals surface area contributed by atoms with Crippen molar-refractivity contribution < 1.29 is 28.6 Å². The van der Waals surface area contributed by atoms with Crippen molar-refractivity contribution in [1.29, 1.82) is 0 Å². The maximum Gasteiger partial charge on any atom is 0.306 e. The topological polar surface area (TPSA) is 78.9 Å². The van der Waals surface area contributed by atoms with Crippen molar-refractivity contribution in [1.82, 2.24) is 0 Å². The minimum Gasteiger partial charge on any atom is -0.462 e. The number of carbonyl (C=O) groups is 3. The van der Waals surface area contributed by atoms with E-state index in [1.165, 1.54) is 128 Å². The molecule has 1 unspecified atom stereocenters. The summed E-state index contributed by atoms with van der Waals surface area (Å²) in [6, 6.07) is 0.